The van der Waals surface area contributed by atoms with E-state index in [1.54, 1.807) is 20.0 Å². The van der Waals surface area contributed by atoms with Crippen molar-refractivity contribution in [1.82, 2.24) is 4.98 Å². The highest BCUT2D eigenvalue weighted by Gasteiger charge is 2.05. The van der Waals surface area contributed by atoms with Crippen LogP contribution in [0.15, 0.2) is 18.3 Å². The number of aryl methyl sites for hydroxylation is 1. The molecule has 68 valence electrons. The van der Waals surface area contributed by atoms with E-state index >= 15 is 0 Å². The minimum Gasteiger partial charge on any atom is -0.378 e. The summed E-state index contributed by atoms with van der Waals surface area (Å²) in [6.07, 6.45) is 1.71. The Morgan fingerprint density at radius 1 is 1.46 bits per heavy atom. The highest BCUT2D eigenvalue weighted by molar-refractivity contribution is 5.35. The topological polar surface area (TPSA) is 33.1 Å². The van der Waals surface area contributed by atoms with Crippen LogP contribution in [-0.4, -0.2) is 15.7 Å². The Hall–Kier alpha value is -1.33. The van der Waals surface area contributed by atoms with Gasteiger partial charge in [-0.15, -0.1) is 0 Å². The van der Waals surface area contributed by atoms with Crippen molar-refractivity contribution >= 4 is 0 Å². The average molecular weight is 175 g/mol. The molecule has 0 radical (unpaired) electrons. The lowest BCUT2D eigenvalue weighted by atomic mass is 10.1. The van der Waals surface area contributed by atoms with Gasteiger partial charge >= 0.3 is 0 Å². The normalized spacial score (nSPS) is 10.5. The number of aromatic nitrogens is 1. The SMILES string of the molecule is Cc1cc(C#CC(C)(C)O)ccn1. The zero-order valence-corrected chi connectivity index (χ0v) is 8.13. The quantitative estimate of drug-likeness (QED) is 0.606. The number of rotatable bonds is 0. The first-order chi connectivity index (χ1) is 5.97. The Labute approximate surface area is 78.6 Å². The molecule has 0 spiro atoms. The van der Waals surface area contributed by atoms with Gasteiger partial charge < -0.3 is 5.11 Å². The van der Waals surface area contributed by atoms with Gasteiger partial charge in [-0.25, -0.2) is 0 Å². The molecular weight excluding hydrogens is 162 g/mol. The molecule has 0 aliphatic rings. The molecule has 0 saturated heterocycles. The fourth-order valence-corrected chi connectivity index (χ4v) is 0.848. The summed E-state index contributed by atoms with van der Waals surface area (Å²) in [6, 6.07) is 3.71. The van der Waals surface area contributed by atoms with Crippen molar-refractivity contribution in [1.29, 1.82) is 0 Å². The third-order valence-electron chi connectivity index (χ3n) is 1.41. The second-order valence-electron chi connectivity index (χ2n) is 3.49. The van der Waals surface area contributed by atoms with E-state index < -0.39 is 5.60 Å². The molecule has 0 aliphatic carbocycles. The Morgan fingerprint density at radius 2 is 2.15 bits per heavy atom. The number of hydrogen-bond donors (Lipinski definition) is 1. The van der Waals surface area contributed by atoms with Crippen LogP contribution >= 0.6 is 0 Å². The van der Waals surface area contributed by atoms with Crippen molar-refractivity contribution in [2.45, 2.75) is 26.4 Å². The van der Waals surface area contributed by atoms with Crippen molar-refractivity contribution in [2.75, 3.05) is 0 Å². The number of aliphatic hydroxyl groups is 1. The molecule has 1 N–H and O–H groups in total. The Bertz CT molecular complexity index is 352. The Balaban J connectivity index is 2.90. The molecule has 0 fully saturated rings. The van der Waals surface area contributed by atoms with Crippen LogP contribution in [0.5, 0.6) is 0 Å². The van der Waals surface area contributed by atoms with Gasteiger partial charge in [0.2, 0.25) is 0 Å². The minimum absolute atomic E-state index is 0.884. The van der Waals surface area contributed by atoms with E-state index in [0.717, 1.165) is 11.3 Å². The van der Waals surface area contributed by atoms with E-state index in [1.807, 2.05) is 19.1 Å². The maximum atomic E-state index is 9.36. The highest BCUT2D eigenvalue weighted by atomic mass is 16.3. The lowest BCUT2D eigenvalue weighted by Crippen LogP contribution is -2.14. The monoisotopic (exact) mass is 175 g/mol. The van der Waals surface area contributed by atoms with E-state index in [2.05, 4.69) is 16.8 Å². The molecule has 0 amide bonds. The van der Waals surface area contributed by atoms with Crippen LogP contribution in [0, 0.1) is 18.8 Å². The van der Waals surface area contributed by atoms with Gasteiger partial charge in [0.25, 0.3) is 0 Å². The molecule has 2 nitrogen and oxygen atoms in total. The summed E-state index contributed by atoms with van der Waals surface area (Å²) in [5.41, 5.74) is 0.883. The molecule has 13 heavy (non-hydrogen) atoms. The van der Waals surface area contributed by atoms with Crippen LogP contribution in [0.4, 0.5) is 0 Å². The Morgan fingerprint density at radius 3 is 2.69 bits per heavy atom. The largest absolute Gasteiger partial charge is 0.378 e. The second-order valence-corrected chi connectivity index (χ2v) is 3.49. The van der Waals surface area contributed by atoms with E-state index in [0.29, 0.717) is 0 Å². The smallest absolute Gasteiger partial charge is 0.120 e. The summed E-state index contributed by atoms with van der Waals surface area (Å²) in [4.78, 5) is 4.05. The zero-order valence-electron chi connectivity index (χ0n) is 8.13. The van der Waals surface area contributed by atoms with Gasteiger partial charge in [0.05, 0.1) is 0 Å². The van der Waals surface area contributed by atoms with Crippen LogP contribution in [0.25, 0.3) is 0 Å². The number of nitrogens with zero attached hydrogens (tertiary/aromatic N) is 1. The lowest BCUT2D eigenvalue weighted by molar-refractivity contribution is 0.143. The third kappa shape index (κ3) is 3.73. The van der Waals surface area contributed by atoms with Crippen molar-refractivity contribution in [3.8, 4) is 11.8 Å². The molecule has 1 aromatic heterocycles. The molecule has 0 atom stereocenters. The second kappa shape index (κ2) is 3.59. The van der Waals surface area contributed by atoms with Crippen LogP contribution in [0.1, 0.15) is 25.1 Å². The van der Waals surface area contributed by atoms with Gasteiger partial charge in [-0.1, -0.05) is 11.8 Å². The highest BCUT2D eigenvalue weighted by Crippen LogP contribution is 2.01. The average Bonchev–Trinajstić information content (AvgIpc) is 2.00. The fraction of sp³-hybridized carbons (Fsp3) is 0.364. The summed E-state index contributed by atoms with van der Waals surface area (Å²) < 4.78 is 0. The van der Waals surface area contributed by atoms with E-state index in [4.69, 9.17) is 0 Å². The first kappa shape index (κ1) is 9.76. The molecule has 0 aliphatic heterocycles. The van der Waals surface area contributed by atoms with Crippen molar-refractivity contribution in [3.63, 3.8) is 0 Å². The van der Waals surface area contributed by atoms with E-state index in [1.165, 1.54) is 0 Å². The maximum Gasteiger partial charge on any atom is 0.120 e. The van der Waals surface area contributed by atoms with E-state index in [9.17, 15) is 5.11 Å². The van der Waals surface area contributed by atoms with Gasteiger partial charge in [0.1, 0.15) is 5.60 Å². The predicted octanol–water partition coefficient (Wildman–Crippen LogP) is 1.51. The standard InChI is InChI=1S/C11H13NO/c1-9-8-10(5-7-12-9)4-6-11(2,3)13/h5,7-8,13H,1-3H3. The number of hydrogen-bond acceptors (Lipinski definition) is 2. The molecule has 1 aromatic rings. The molecule has 1 heterocycles. The maximum absolute atomic E-state index is 9.36. The molecular formula is C11H13NO. The first-order valence-electron chi connectivity index (χ1n) is 4.15. The lowest BCUT2D eigenvalue weighted by Gasteiger charge is -2.05. The molecule has 0 aromatic carbocycles. The first-order valence-corrected chi connectivity index (χ1v) is 4.15. The fourth-order valence-electron chi connectivity index (χ4n) is 0.848. The molecule has 0 saturated carbocycles. The van der Waals surface area contributed by atoms with E-state index in [-0.39, 0.29) is 0 Å². The number of pyridine rings is 1. The van der Waals surface area contributed by atoms with Crippen LogP contribution in [0.3, 0.4) is 0 Å². The van der Waals surface area contributed by atoms with Crippen molar-refractivity contribution in [2.24, 2.45) is 0 Å². The van der Waals surface area contributed by atoms with Crippen molar-refractivity contribution < 1.29 is 5.11 Å². The van der Waals surface area contributed by atoms with Crippen LogP contribution in [0.2, 0.25) is 0 Å². The summed E-state index contributed by atoms with van der Waals surface area (Å²) in [5, 5.41) is 9.36. The van der Waals surface area contributed by atoms with Crippen molar-refractivity contribution in [3.05, 3.63) is 29.6 Å². The van der Waals surface area contributed by atoms with Gasteiger partial charge in [0, 0.05) is 17.5 Å². The van der Waals surface area contributed by atoms with Gasteiger partial charge in [-0.05, 0) is 32.9 Å². The third-order valence-corrected chi connectivity index (χ3v) is 1.41. The predicted molar refractivity (Wildman–Crippen MR) is 52.1 cm³/mol. The Kier molecular flexibility index (Phi) is 2.69. The molecule has 1 rings (SSSR count). The summed E-state index contributed by atoms with van der Waals surface area (Å²) in [5.74, 6) is 5.63. The molecule has 0 unspecified atom stereocenters. The minimum atomic E-state index is -0.933. The van der Waals surface area contributed by atoms with Crippen LogP contribution in [-0.2, 0) is 0 Å². The van der Waals surface area contributed by atoms with Gasteiger partial charge in [-0.3, -0.25) is 4.98 Å². The zero-order chi connectivity index (χ0) is 9.90. The summed E-state index contributed by atoms with van der Waals surface area (Å²) >= 11 is 0. The van der Waals surface area contributed by atoms with Crippen LogP contribution < -0.4 is 0 Å². The van der Waals surface area contributed by atoms with Gasteiger partial charge in [-0.2, -0.15) is 0 Å². The van der Waals surface area contributed by atoms with Gasteiger partial charge in [0.15, 0.2) is 0 Å². The molecule has 0 bridgehead atoms. The summed E-state index contributed by atoms with van der Waals surface area (Å²) in [7, 11) is 0. The molecule has 2 heteroatoms. The summed E-state index contributed by atoms with van der Waals surface area (Å²) in [6.45, 7) is 5.23.